The summed E-state index contributed by atoms with van der Waals surface area (Å²) in [7, 11) is 3.37. The van der Waals surface area contributed by atoms with Gasteiger partial charge in [0.2, 0.25) is 5.91 Å². The van der Waals surface area contributed by atoms with E-state index in [1.54, 1.807) is 25.0 Å². The minimum atomic E-state index is -4.67. The number of hydrogen-bond acceptors (Lipinski definition) is 3. The van der Waals surface area contributed by atoms with E-state index in [4.69, 9.17) is 11.6 Å². The second kappa shape index (κ2) is 6.70. The Hall–Kier alpha value is -2.03. The number of aromatic nitrogens is 4. The predicted octanol–water partition coefficient (Wildman–Crippen LogP) is 3.13. The number of hydrogen-bond donors (Lipinski definition) is 0. The fraction of sp³-hybridized carbons (Fsp3) is 0.533. The van der Waals surface area contributed by atoms with Crippen LogP contribution in [0.15, 0.2) is 6.20 Å². The van der Waals surface area contributed by atoms with Gasteiger partial charge in [0.1, 0.15) is 6.04 Å². The van der Waals surface area contributed by atoms with Crippen molar-refractivity contribution in [3.63, 3.8) is 0 Å². The van der Waals surface area contributed by atoms with Crippen LogP contribution in [0.2, 0.25) is 5.02 Å². The molecule has 0 unspecified atom stereocenters. The van der Waals surface area contributed by atoms with Crippen molar-refractivity contribution >= 4 is 17.5 Å². The number of carbonyl (C=O) groups excluding carboxylic acids is 1. The molecule has 0 aromatic carbocycles. The van der Waals surface area contributed by atoms with Crippen LogP contribution >= 0.6 is 11.6 Å². The van der Waals surface area contributed by atoms with Crippen molar-refractivity contribution < 1.29 is 18.0 Å². The SMILES string of the molecule is Cc1c(CN(C)C(=O)[C@H](C)n2nc(C(F)(F)F)c(Cl)c2C)cnn1C. The molecule has 0 N–H and O–H groups in total. The zero-order valence-corrected chi connectivity index (χ0v) is 15.3. The monoisotopic (exact) mass is 377 g/mol. The van der Waals surface area contributed by atoms with Gasteiger partial charge in [-0.15, -0.1) is 0 Å². The van der Waals surface area contributed by atoms with E-state index in [0.717, 1.165) is 15.9 Å². The molecule has 1 atom stereocenters. The Morgan fingerprint density at radius 3 is 2.40 bits per heavy atom. The molecule has 2 aromatic rings. The number of aryl methyl sites for hydroxylation is 1. The Labute approximate surface area is 148 Å². The van der Waals surface area contributed by atoms with Crippen LogP contribution < -0.4 is 0 Å². The number of nitrogens with zero attached hydrogens (tertiary/aromatic N) is 5. The lowest BCUT2D eigenvalue weighted by atomic mass is 10.2. The number of halogens is 4. The molecule has 1 amide bonds. The minimum absolute atomic E-state index is 0.0980. The van der Waals surface area contributed by atoms with Gasteiger partial charge in [-0.1, -0.05) is 11.6 Å². The summed E-state index contributed by atoms with van der Waals surface area (Å²) in [5, 5.41) is 7.13. The Bertz CT molecular complexity index is 796. The Morgan fingerprint density at radius 2 is 1.96 bits per heavy atom. The second-order valence-corrected chi connectivity index (χ2v) is 6.32. The van der Waals surface area contributed by atoms with Crippen molar-refractivity contribution in [2.75, 3.05) is 7.05 Å². The molecule has 10 heteroatoms. The van der Waals surface area contributed by atoms with Crippen molar-refractivity contribution in [2.24, 2.45) is 7.05 Å². The van der Waals surface area contributed by atoms with Crippen molar-refractivity contribution in [3.8, 4) is 0 Å². The molecule has 2 heterocycles. The maximum absolute atomic E-state index is 12.9. The molecule has 0 aliphatic heterocycles. The number of rotatable bonds is 4. The number of alkyl halides is 3. The largest absolute Gasteiger partial charge is 0.436 e. The normalized spacial score (nSPS) is 13.2. The molecule has 6 nitrogen and oxygen atoms in total. The third kappa shape index (κ3) is 3.65. The number of carbonyl (C=O) groups is 1. The first-order valence-electron chi connectivity index (χ1n) is 7.49. The Kier molecular flexibility index (Phi) is 5.17. The highest BCUT2D eigenvalue weighted by atomic mass is 35.5. The molecule has 0 fully saturated rings. The van der Waals surface area contributed by atoms with Crippen LogP contribution in [-0.2, 0) is 24.6 Å². The van der Waals surface area contributed by atoms with E-state index in [0.29, 0.717) is 6.54 Å². The molecule has 2 aromatic heterocycles. The molecule has 0 bridgehead atoms. The van der Waals surface area contributed by atoms with Gasteiger partial charge >= 0.3 is 6.18 Å². The van der Waals surface area contributed by atoms with Crippen LogP contribution in [0.1, 0.15) is 35.6 Å². The summed E-state index contributed by atoms with van der Waals surface area (Å²) in [6.07, 6.45) is -3.02. The molecular weight excluding hydrogens is 359 g/mol. The lowest BCUT2D eigenvalue weighted by Gasteiger charge is -2.22. The van der Waals surface area contributed by atoms with Crippen LogP contribution in [0.25, 0.3) is 0 Å². The first-order chi connectivity index (χ1) is 11.4. The quantitative estimate of drug-likeness (QED) is 0.822. The van der Waals surface area contributed by atoms with Crippen LogP contribution in [0.3, 0.4) is 0 Å². The summed E-state index contributed by atoms with van der Waals surface area (Å²) in [6.45, 7) is 5.06. The van der Waals surface area contributed by atoms with Gasteiger partial charge in [0.15, 0.2) is 5.69 Å². The highest BCUT2D eigenvalue weighted by Crippen LogP contribution is 2.36. The maximum Gasteiger partial charge on any atom is 0.436 e. The van der Waals surface area contributed by atoms with Crippen LogP contribution in [0, 0.1) is 13.8 Å². The lowest BCUT2D eigenvalue weighted by Crippen LogP contribution is -2.33. The van der Waals surface area contributed by atoms with Crippen molar-refractivity contribution in [2.45, 2.75) is 39.5 Å². The van der Waals surface area contributed by atoms with E-state index < -0.39 is 22.9 Å². The van der Waals surface area contributed by atoms with Crippen LogP contribution in [0.4, 0.5) is 13.2 Å². The lowest BCUT2D eigenvalue weighted by molar-refractivity contribution is -0.142. The summed E-state index contributed by atoms with van der Waals surface area (Å²) in [4.78, 5) is 14.0. The second-order valence-electron chi connectivity index (χ2n) is 5.94. The van der Waals surface area contributed by atoms with Crippen LogP contribution in [0.5, 0.6) is 0 Å². The molecular formula is C15H19ClF3N5O. The van der Waals surface area contributed by atoms with Crippen LogP contribution in [-0.4, -0.2) is 37.4 Å². The molecule has 0 saturated heterocycles. The topological polar surface area (TPSA) is 56.0 Å². The highest BCUT2D eigenvalue weighted by molar-refractivity contribution is 6.32. The first kappa shape index (κ1) is 19.3. The van der Waals surface area contributed by atoms with Gasteiger partial charge in [-0.25, -0.2) is 0 Å². The van der Waals surface area contributed by atoms with E-state index >= 15 is 0 Å². The zero-order valence-electron chi connectivity index (χ0n) is 14.5. The third-order valence-electron chi connectivity index (χ3n) is 4.19. The number of likely N-dealkylation sites (N-methyl/N-ethyl adjacent to an activating group) is 1. The Balaban J connectivity index is 2.24. The van der Waals surface area contributed by atoms with Gasteiger partial charge in [0, 0.05) is 31.9 Å². The fourth-order valence-corrected chi connectivity index (χ4v) is 2.74. The van der Waals surface area contributed by atoms with Crippen molar-refractivity contribution in [3.05, 3.63) is 33.9 Å². The summed E-state index contributed by atoms with van der Waals surface area (Å²) in [5.74, 6) is -0.376. The summed E-state index contributed by atoms with van der Waals surface area (Å²) < 4.78 is 41.5. The predicted molar refractivity (Wildman–Crippen MR) is 86.1 cm³/mol. The fourth-order valence-electron chi connectivity index (χ4n) is 2.51. The molecule has 2 rings (SSSR count). The minimum Gasteiger partial charge on any atom is -0.339 e. The molecule has 0 radical (unpaired) electrons. The van der Waals surface area contributed by atoms with Gasteiger partial charge in [0.05, 0.1) is 16.9 Å². The number of amides is 1. The first-order valence-corrected chi connectivity index (χ1v) is 7.87. The summed E-state index contributed by atoms with van der Waals surface area (Å²) in [6, 6.07) is -0.921. The molecule has 25 heavy (non-hydrogen) atoms. The van der Waals surface area contributed by atoms with E-state index in [2.05, 4.69) is 10.2 Å². The highest BCUT2D eigenvalue weighted by Gasteiger charge is 2.39. The molecule has 0 saturated carbocycles. The molecule has 138 valence electrons. The van der Waals surface area contributed by atoms with Crippen molar-refractivity contribution in [1.82, 2.24) is 24.5 Å². The van der Waals surface area contributed by atoms with Crippen molar-refractivity contribution in [1.29, 1.82) is 0 Å². The zero-order chi connectivity index (χ0) is 19.1. The van der Waals surface area contributed by atoms with E-state index in [1.807, 2.05) is 6.92 Å². The van der Waals surface area contributed by atoms with Gasteiger partial charge in [0.25, 0.3) is 0 Å². The maximum atomic E-state index is 12.9. The average Bonchev–Trinajstić information content (AvgIpc) is 3.00. The smallest absolute Gasteiger partial charge is 0.339 e. The average molecular weight is 378 g/mol. The van der Waals surface area contributed by atoms with Gasteiger partial charge < -0.3 is 4.90 Å². The van der Waals surface area contributed by atoms with Gasteiger partial charge in [-0.05, 0) is 20.8 Å². The van der Waals surface area contributed by atoms with E-state index in [1.165, 1.54) is 18.7 Å². The molecule has 0 aliphatic rings. The molecule has 0 spiro atoms. The third-order valence-corrected chi connectivity index (χ3v) is 4.64. The van der Waals surface area contributed by atoms with Gasteiger partial charge in [-0.2, -0.15) is 23.4 Å². The summed E-state index contributed by atoms with van der Waals surface area (Å²) >= 11 is 5.74. The molecule has 0 aliphatic carbocycles. The van der Waals surface area contributed by atoms with E-state index in [9.17, 15) is 18.0 Å². The van der Waals surface area contributed by atoms with Gasteiger partial charge in [-0.3, -0.25) is 14.2 Å². The standard InChI is InChI=1S/C15H19ClF3N5O/c1-8-11(6-20-23(8)5)7-22(4)14(25)10(3)24-9(2)12(16)13(21-24)15(17,18)19/h6,10H,7H2,1-5H3/t10-/m0/s1. The Morgan fingerprint density at radius 1 is 1.36 bits per heavy atom. The van der Waals surface area contributed by atoms with E-state index in [-0.39, 0.29) is 11.6 Å². The summed E-state index contributed by atoms with van der Waals surface area (Å²) in [5.41, 5.74) is 0.680.